The predicted molar refractivity (Wildman–Crippen MR) is 212 cm³/mol. The summed E-state index contributed by atoms with van der Waals surface area (Å²) in [6.07, 6.45) is 3.84. The average molecular weight is 871 g/mol. The molecule has 6 aliphatic heterocycles. The maximum absolute atomic E-state index is 7.49. The molecule has 0 aromatic carbocycles. The highest BCUT2D eigenvalue weighted by Gasteiger charge is 2.57. The van der Waals surface area contributed by atoms with Crippen LogP contribution in [0.2, 0.25) is 63.0 Å². The van der Waals surface area contributed by atoms with Crippen LogP contribution in [0.25, 0.3) is 0 Å². The zero-order valence-electron chi connectivity index (χ0n) is 35.3. The van der Waals surface area contributed by atoms with Crippen LogP contribution in [0.4, 0.5) is 0 Å². The summed E-state index contributed by atoms with van der Waals surface area (Å²) in [6.45, 7) is 26.7. The molecule has 15 nitrogen and oxygen atoms in total. The predicted octanol–water partition coefficient (Wildman–Crippen LogP) is 6.21. The Morgan fingerprint density at radius 1 is 0.327 bits per heavy atom. The van der Waals surface area contributed by atoms with Crippen molar-refractivity contribution in [3.8, 4) is 0 Å². The van der Waals surface area contributed by atoms with E-state index in [4.69, 9.17) is 67.9 Å². The molecule has 6 rings (SSSR count). The van der Waals surface area contributed by atoms with E-state index in [1.54, 1.807) is 0 Å². The lowest BCUT2D eigenvalue weighted by molar-refractivity contribution is -0.0298. The van der Waals surface area contributed by atoms with Crippen LogP contribution in [-0.2, 0) is 67.9 Å². The van der Waals surface area contributed by atoms with Gasteiger partial charge in [0, 0.05) is 0 Å². The second-order valence-electron chi connectivity index (χ2n) is 18.1. The SMILES string of the molecule is CC1(OCCC[Si]2(C)O[Si](C)(CCCOC3(C)CO3)O[Si](C)(CCCOC3(C)CO3)O[Si](C)(CCCOC3(C)CO3)O[Si](C)(CCCOC3(C)CO3)O2)CO1. The number of ether oxygens (including phenoxy) is 10. The number of hydrogen-bond donors (Lipinski definition) is 0. The molecule has 20 heteroatoms. The van der Waals surface area contributed by atoms with E-state index in [0.29, 0.717) is 66.1 Å². The van der Waals surface area contributed by atoms with Crippen LogP contribution in [0.15, 0.2) is 0 Å². The average Bonchev–Trinajstić information content (AvgIpc) is 3.82. The molecule has 0 aromatic rings. The van der Waals surface area contributed by atoms with Crippen LogP contribution >= 0.6 is 0 Å². The molecule has 6 heterocycles. The topological polar surface area (TPSA) is 155 Å². The zero-order valence-corrected chi connectivity index (χ0v) is 40.3. The molecule has 5 atom stereocenters. The smallest absolute Gasteiger partial charge is 0.317 e. The minimum absolute atomic E-state index is 0.485. The Morgan fingerprint density at radius 2 is 0.473 bits per heavy atom. The lowest BCUT2D eigenvalue weighted by Gasteiger charge is -2.50. The molecule has 6 aliphatic rings. The van der Waals surface area contributed by atoms with E-state index in [-0.39, 0.29) is 0 Å². The van der Waals surface area contributed by atoms with Crippen molar-refractivity contribution in [3.05, 3.63) is 0 Å². The fourth-order valence-electron chi connectivity index (χ4n) is 7.23. The van der Waals surface area contributed by atoms with Gasteiger partial charge in [-0.15, -0.1) is 0 Å². The molecule has 0 amide bonds. The normalized spacial score (nSPS) is 46.4. The summed E-state index contributed by atoms with van der Waals surface area (Å²) in [5, 5.41) is 0. The lowest BCUT2D eigenvalue weighted by atomic mass is 10.4. The fraction of sp³-hybridized carbons (Fsp3) is 1.00. The van der Waals surface area contributed by atoms with Crippen LogP contribution in [0.1, 0.15) is 66.7 Å². The van der Waals surface area contributed by atoms with Gasteiger partial charge in [-0.3, -0.25) is 0 Å². The Balaban J connectivity index is 1.26. The van der Waals surface area contributed by atoms with Gasteiger partial charge in [0.15, 0.2) is 28.9 Å². The Kier molecular flexibility index (Phi) is 14.0. The maximum atomic E-state index is 7.49. The van der Waals surface area contributed by atoms with Crippen LogP contribution < -0.4 is 0 Å². The van der Waals surface area contributed by atoms with Gasteiger partial charge in [0.1, 0.15) is 33.0 Å². The van der Waals surface area contributed by atoms with Crippen molar-refractivity contribution in [2.45, 2.75) is 159 Å². The minimum Gasteiger partial charge on any atom is -0.416 e. The summed E-state index contributed by atoms with van der Waals surface area (Å²) in [7, 11) is -15.0. The van der Waals surface area contributed by atoms with Gasteiger partial charge in [-0.2, -0.15) is 0 Å². The highest BCUT2D eigenvalue weighted by atomic mass is 28.5. The molecule has 6 fully saturated rings. The summed E-state index contributed by atoms with van der Waals surface area (Å²) in [5.74, 6) is -2.43. The van der Waals surface area contributed by atoms with Crippen LogP contribution in [-0.4, -0.2) is 138 Å². The van der Waals surface area contributed by atoms with Gasteiger partial charge in [0.25, 0.3) is 0 Å². The van der Waals surface area contributed by atoms with E-state index >= 15 is 0 Å². The first kappa shape index (κ1) is 45.0. The number of rotatable bonds is 25. The van der Waals surface area contributed by atoms with E-state index in [1.807, 2.05) is 34.6 Å². The Morgan fingerprint density at radius 3 is 0.600 bits per heavy atom. The molecule has 0 radical (unpaired) electrons. The molecule has 0 N–H and O–H groups in total. The van der Waals surface area contributed by atoms with Gasteiger partial charge < -0.3 is 67.9 Å². The first-order valence-electron chi connectivity index (χ1n) is 20.5. The van der Waals surface area contributed by atoms with Crippen LogP contribution in [0.5, 0.6) is 0 Å². The first-order chi connectivity index (χ1) is 25.6. The summed E-state index contributed by atoms with van der Waals surface area (Å²) >= 11 is 0. The molecule has 5 unspecified atom stereocenters. The van der Waals surface area contributed by atoms with Crippen molar-refractivity contribution >= 4 is 42.8 Å². The molecule has 0 bridgehead atoms. The highest BCUT2D eigenvalue weighted by Crippen LogP contribution is 2.41. The standard InChI is InChI=1S/C35H70O15Si5/c1-31(26-41-31)36-16-11-21-51(6)46-52(7,22-12-17-37-32(2)27-42-32)48-54(9,24-14-19-39-34(4)29-44-34)50-55(10,25-15-20-40-35(5)30-45-35)49-53(8,47-51)23-13-18-38-33(3)28-43-33/h11-30H2,1-10H3. The second kappa shape index (κ2) is 17.1. The van der Waals surface area contributed by atoms with E-state index < -0.39 is 71.7 Å². The summed E-state index contributed by atoms with van der Waals surface area (Å²) < 4.78 is 95.4. The first-order valence-corrected chi connectivity index (χ1v) is 33.1. The van der Waals surface area contributed by atoms with Crippen molar-refractivity contribution in [3.63, 3.8) is 0 Å². The second-order valence-corrected chi connectivity index (χ2v) is 36.0. The third kappa shape index (κ3) is 14.9. The van der Waals surface area contributed by atoms with Gasteiger partial charge in [0.05, 0.1) is 33.0 Å². The van der Waals surface area contributed by atoms with Gasteiger partial charge in [-0.1, -0.05) is 0 Å². The van der Waals surface area contributed by atoms with Gasteiger partial charge in [0.2, 0.25) is 0 Å². The Bertz CT molecular complexity index is 1050. The van der Waals surface area contributed by atoms with Crippen molar-refractivity contribution in [2.24, 2.45) is 0 Å². The molecule has 0 aromatic heterocycles. The Hall–Kier alpha value is 0.484. The van der Waals surface area contributed by atoms with Gasteiger partial charge >= 0.3 is 42.8 Å². The number of epoxide rings is 5. The van der Waals surface area contributed by atoms with Crippen molar-refractivity contribution in [2.75, 3.05) is 66.1 Å². The zero-order chi connectivity index (χ0) is 39.7. The number of hydrogen-bond acceptors (Lipinski definition) is 15. The van der Waals surface area contributed by atoms with Crippen molar-refractivity contribution < 1.29 is 67.9 Å². The third-order valence-corrected chi connectivity index (χ3v) is 34.4. The minimum atomic E-state index is -3.00. The van der Waals surface area contributed by atoms with E-state index in [2.05, 4.69) is 32.7 Å². The third-order valence-electron chi connectivity index (χ3n) is 10.8. The molecular formula is C35H70O15Si5. The summed E-state index contributed by atoms with van der Waals surface area (Å²) in [5.41, 5.74) is 0. The van der Waals surface area contributed by atoms with Gasteiger partial charge in [-0.25, -0.2) is 0 Å². The molecule has 0 spiro atoms. The fourth-order valence-corrected chi connectivity index (χ4v) is 36.2. The van der Waals surface area contributed by atoms with Crippen molar-refractivity contribution in [1.82, 2.24) is 0 Å². The Labute approximate surface area is 334 Å². The van der Waals surface area contributed by atoms with Gasteiger partial charge in [-0.05, 0) is 130 Å². The monoisotopic (exact) mass is 870 g/mol. The van der Waals surface area contributed by atoms with Crippen LogP contribution in [0.3, 0.4) is 0 Å². The summed E-state index contributed by atoms with van der Waals surface area (Å²) in [6, 6.07) is 3.62. The molecule has 320 valence electrons. The van der Waals surface area contributed by atoms with Crippen LogP contribution in [0, 0.1) is 0 Å². The van der Waals surface area contributed by atoms with E-state index in [1.165, 1.54) is 0 Å². The lowest BCUT2D eigenvalue weighted by Crippen LogP contribution is -2.67. The maximum Gasteiger partial charge on any atom is 0.317 e. The van der Waals surface area contributed by atoms with E-state index in [0.717, 1.165) is 62.3 Å². The molecule has 0 aliphatic carbocycles. The molecular weight excluding hydrogens is 801 g/mol. The van der Waals surface area contributed by atoms with Crippen molar-refractivity contribution in [1.29, 1.82) is 0 Å². The largest absolute Gasteiger partial charge is 0.416 e. The molecule has 6 saturated heterocycles. The summed E-state index contributed by atoms with van der Waals surface area (Å²) in [4.78, 5) is 0. The van der Waals surface area contributed by atoms with E-state index in [9.17, 15) is 0 Å². The quantitative estimate of drug-likeness (QED) is 0.0580. The highest BCUT2D eigenvalue weighted by molar-refractivity contribution is 6.94. The molecule has 0 saturated carbocycles. The molecule has 55 heavy (non-hydrogen) atoms.